The van der Waals surface area contributed by atoms with E-state index in [0.717, 1.165) is 12.1 Å². The smallest absolute Gasteiger partial charge is 0.416 e. The molecule has 0 saturated carbocycles. The number of ether oxygens (including phenoxy) is 1. The normalized spacial score (nSPS) is 15.0. The topological polar surface area (TPSA) is 29.5 Å². The Hall–Kier alpha value is -2.57. The van der Waals surface area contributed by atoms with Crippen molar-refractivity contribution in [1.29, 1.82) is 0 Å². The number of carbonyl (C=O) groups is 1. The van der Waals surface area contributed by atoms with Crippen LogP contribution in [-0.4, -0.2) is 30.5 Å². The minimum atomic E-state index is -4.48. The van der Waals surface area contributed by atoms with Gasteiger partial charge in [0.25, 0.3) is 5.91 Å². The lowest BCUT2D eigenvalue weighted by atomic mass is 9.99. The quantitative estimate of drug-likeness (QED) is 0.778. The maximum absolute atomic E-state index is 12.8. The number of hydrogen-bond donors (Lipinski definition) is 0. The molecule has 2 aromatic rings. The average Bonchev–Trinajstić information content (AvgIpc) is 2.54. The molecule has 1 amide bonds. The van der Waals surface area contributed by atoms with Gasteiger partial charge >= 0.3 is 6.18 Å². The summed E-state index contributed by atoms with van der Waals surface area (Å²) in [5, 5.41) is 0. The number of hydrogen-bond acceptors (Lipinski definition) is 2. The van der Waals surface area contributed by atoms with Gasteiger partial charge in [-0.25, -0.2) is 4.39 Å². The highest BCUT2D eigenvalue weighted by Crippen LogP contribution is 2.30. The number of nitrogens with zero attached hydrogens (tertiary/aromatic N) is 1. The molecule has 0 unspecified atom stereocenters. The Morgan fingerprint density at radius 1 is 1.12 bits per heavy atom. The third-order valence-electron chi connectivity index (χ3n) is 3.98. The lowest BCUT2D eigenvalue weighted by Gasteiger charge is -2.39. The van der Waals surface area contributed by atoms with Crippen molar-refractivity contribution in [2.75, 3.05) is 19.7 Å². The number of likely N-dealkylation sites (tertiary alicyclic amines) is 1. The standard InChI is InChI=1S/C18H15F4NO2/c19-15-4-6-16(7-5-15)25-11-12-9-23(10-12)17(24)13-2-1-3-14(8-13)18(20,21)22/h1-8,12H,9-11H2. The van der Waals surface area contributed by atoms with E-state index >= 15 is 0 Å². The number of amides is 1. The van der Waals surface area contributed by atoms with Gasteiger partial charge in [0.15, 0.2) is 0 Å². The Labute approximate surface area is 141 Å². The van der Waals surface area contributed by atoms with Crippen molar-refractivity contribution in [3.8, 4) is 5.75 Å². The van der Waals surface area contributed by atoms with Gasteiger partial charge in [0, 0.05) is 24.6 Å². The van der Waals surface area contributed by atoms with Gasteiger partial charge in [0.05, 0.1) is 12.2 Å². The van der Waals surface area contributed by atoms with Crippen LogP contribution in [0, 0.1) is 11.7 Å². The highest BCUT2D eigenvalue weighted by molar-refractivity contribution is 5.94. The van der Waals surface area contributed by atoms with E-state index in [-0.39, 0.29) is 17.3 Å². The van der Waals surface area contributed by atoms with E-state index in [2.05, 4.69) is 0 Å². The number of rotatable bonds is 4. The zero-order valence-corrected chi connectivity index (χ0v) is 13.1. The second-order valence-corrected chi connectivity index (χ2v) is 5.92. The molecule has 0 aliphatic carbocycles. The zero-order chi connectivity index (χ0) is 18.0. The highest BCUT2D eigenvalue weighted by atomic mass is 19.4. The van der Waals surface area contributed by atoms with Crippen molar-refractivity contribution in [3.63, 3.8) is 0 Å². The Morgan fingerprint density at radius 3 is 2.44 bits per heavy atom. The van der Waals surface area contributed by atoms with Crippen molar-refractivity contribution >= 4 is 5.91 Å². The summed E-state index contributed by atoms with van der Waals surface area (Å²) in [7, 11) is 0. The van der Waals surface area contributed by atoms with Crippen LogP contribution in [0.5, 0.6) is 5.75 Å². The predicted molar refractivity (Wildman–Crippen MR) is 82.7 cm³/mol. The number of benzene rings is 2. The maximum Gasteiger partial charge on any atom is 0.416 e. The fourth-order valence-electron chi connectivity index (χ4n) is 2.60. The van der Waals surface area contributed by atoms with Gasteiger partial charge in [-0.3, -0.25) is 4.79 Å². The molecule has 0 spiro atoms. The fourth-order valence-corrected chi connectivity index (χ4v) is 2.60. The molecule has 3 nitrogen and oxygen atoms in total. The molecule has 7 heteroatoms. The molecule has 132 valence electrons. The SMILES string of the molecule is O=C(c1cccc(C(F)(F)F)c1)N1CC(COc2ccc(F)cc2)C1. The summed E-state index contributed by atoms with van der Waals surface area (Å²) in [5.74, 6) is -0.151. The molecule has 25 heavy (non-hydrogen) atoms. The van der Waals surface area contributed by atoms with Crippen LogP contribution in [-0.2, 0) is 6.18 Å². The van der Waals surface area contributed by atoms with E-state index in [9.17, 15) is 22.4 Å². The number of carbonyl (C=O) groups excluding carboxylic acids is 1. The first-order valence-corrected chi connectivity index (χ1v) is 7.68. The highest BCUT2D eigenvalue weighted by Gasteiger charge is 2.34. The van der Waals surface area contributed by atoms with Gasteiger partial charge in [-0.1, -0.05) is 6.07 Å². The molecule has 2 aromatic carbocycles. The van der Waals surface area contributed by atoms with Crippen LogP contribution < -0.4 is 4.74 Å². The van der Waals surface area contributed by atoms with E-state index in [1.165, 1.54) is 41.3 Å². The minimum absolute atomic E-state index is 0.0210. The number of alkyl halides is 3. The third kappa shape index (κ3) is 4.10. The fraction of sp³-hybridized carbons (Fsp3) is 0.278. The lowest BCUT2D eigenvalue weighted by Crippen LogP contribution is -2.52. The molecule has 0 bridgehead atoms. The van der Waals surface area contributed by atoms with Crippen LogP contribution in [0.15, 0.2) is 48.5 Å². The summed E-state index contributed by atoms with van der Waals surface area (Å²) in [5.41, 5.74) is -0.817. The first-order valence-electron chi connectivity index (χ1n) is 7.68. The molecular formula is C18H15F4NO2. The Kier molecular flexibility index (Phi) is 4.65. The average molecular weight is 353 g/mol. The second kappa shape index (κ2) is 6.74. The van der Waals surface area contributed by atoms with Gasteiger partial charge in [-0.15, -0.1) is 0 Å². The van der Waals surface area contributed by atoms with E-state index in [1.54, 1.807) is 0 Å². The summed E-state index contributed by atoms with van der Waals surface area (Å²) in [6.45, 7) is 1.19. The predicted octanol–water partition coefficient (Wildman–Crippen LogP) is 4.00. The van der Waals surface area contributed by atoms with Crippen LogP contribution >= 0.6 is 0 Å². The summed E-state index contributed by atoms with van der Waals surface area (Å²) in [6, 6.07) is 10.0. The molecular weight excluding hydrogens is 338 g/mol. The van der Waals surface area contributed by atoms with E-state index < -0.39 is 17.6 Å². The van der Waals surface area contributed by atoms with Crippen molar-refractivity contribution < 1.29 is 27.1 Å². The Balaban J connectivity index is 1.52. The third-order valence-corrected chi connectivity index (χ3v) is 3.98. The molecule has 1 heterocycles. The molecule has 3 rings (SSSR count). The Morgan fingerprint density at radius 2 is 1.80 bits per heavy atom. The van der Waals surface area contributed by atoms with E-state index in [1.807, 2.05) is 0 Å². The molecule has 0 N–H and O–H groups in total. The Bertz CT molecular complexity index is 752. The second-order valence-electron chi connectivity index (χ2n) is 5.92. The van der Waals surface area contributed by atoms with Crippen LogP contribution in [0.2, 0.25) is 0 Å². The first kappa shape index (κ1) is 17.3. The summed E-state index contributed by atoms with van der Waals surface area (Å²) in [4.78, 5) is 13.7. The van der Waals surface area contributed by atoms with Gasteiger partial charge in [0.1, 0.15) is 11.6 Å². The molecule has 1 fully saturated rings. The van der Waals surface area contributed by atoms with Crippen molar-refractivity contribution in [1.82, 2.24) is 4.90 Å². The van der Waals surface area contributed by atoms with Crippen LogP contribution in [0.1, 0.15) is 15.9 Å². The number of halogens is 4. The van der Waals surface area contributed by atoms with Gasteiger partial charge in [0.2, 0.25) is 0 Å². The van der Waals surface area contributed by atoms with E-state index in [4.69, 9.17) is 4.74 Å². The molecule has 1 aliphatic heterocycles. The molecule has 0 atom stereocenters. The molecule has 1 aliphatic rings. The summed E-state index contributed by atoms with van der Waals surface area (Å²) in [6.07, 6.45) is -4.48. The van der Waals surface area contributed by atoms with Crippen molar-refractivity contribution in [3.05, 3.63) is 65.5 Å². The van der Waals surface area contributed by atoms with Crippen molar-refractivity contribution in [2.24, 2.45) is 5.92 Å². The first-order chi connectivity index (χ1) is 11.8. The van der Waals surface area contributed by atoms with E-state index in [0.29, 0.717) is 25.4 Å². The lowest BCUT2D eigenvalue weighted by molar-refractivity contribution is -0.137. The summed E-state index contributed by atoms with van der Waals surface area (Å²) >= 11 is 0. The monoisotopic (exact) mass is 353 g/mol. The minimum Gasteiger partial charge on any atom is -0.493 e. The molecule has 1 saturated heterocycles. The van der Waals surface area contributed by atoms with Gasteiger partial charge in [-0.05, 0) is 42.5 Å². The zero-order valence-electron chi connectivity index (χ0n) is 13.1. The van der Waals surface area contributed by atoms with Gasteiger partial charge in [-0.2, -0.15) is 13.2 Å². The van der Waals surface area contributed by atoms with Crippen molar-refractivity contribution in [2.45, 2.75) is 6.18 Å². The largest absolute Gasteiger partial charge is 0.493 e. The van der Waals surface area contributed by atoms with Crippen LogP contribution in [0.3, 0.4) is 0 Å². The van der Waals surface area contributed by atoms with Gasteiger partial charge < -0.3 is 9.64 Å². The maximum atomic E-state index is 12.8. The van der Waals surface area contributed by atoms with Crippen LogP contribution in [0.25, 0.3) is 0 Å². The molecule has 0 aromatic heterocycles. The summed E-state index contributed by atoms with van der Waals surface area (Å²) < 4.78 is 56.4. The van der Waals surface area contributed by atoms with Crippen LogP contribution in [0.4, 0.5) is 17.6 Å². The molecule has 0 radical (unpaired) electrons.